The molecule has 0 amide bonds. The Kier molecular flexibility index (Phi) is 6.04. The Hall–Kier alpha value is -1.92. The van der Waals surface area contributed by atoms with Gasteiger partial charge in [-0.15, -0.1) is 0 Å². The molecule has 2 aromatic rings. The van der Waals surface area contributed by atoms with E-state index in [-0.39, 0.29) is 6.10 Å². The van der Waals surface area contributed by atoms with Crippen LogP contribution in [0.3, 0.4) is 0 Å². The second-order valence-corrected chi connectivity index (χ2v) is 6.65. The van der Waals surface area contributed by atoms with E-state index < -0.39 is 0 Å². The first-order chi connectivity index (χ1) is 12.1. The summed E-state index contributed by atoms with van der Waals surface area (Å²) in [7, 11) is 0. The molecule has 0 bridgehead atoms. The van der Waals surface area contributed by atoms with E-state index in [9.17, 15) is 0 Å². The van der Waals surface area contributed by atoms with Crippen LogP contribution in [0.4, 0.5) is 0 Å². The van der Waals surface area contributed by atoms with Crippen LogP contribution in [0.5, 0.6) is 5.75 Å². The monoisotopic (exact) mass is 344 g/mol. The maximum atomic E-state index is 5.91. The molecule has 1 aliphatic heterocycles. The second-order valence-electron chi connectivity index (χ2n) is 6.65. The number of morpholine rings is 1. The van der Waals surface area contributed by atoms with Crippen molar-refractivity contribution in [1.82, 2.24) is 19.7 Å². The highest BCUT2D eigenvalue weighted by atomic mass is 16.5. The molecule has 1 aromatic heterocycles. The molecule has 0 saturated carbocycles. The smallest absolute Gasteiger partial charge is 0.147 e. The Balaban J connectivity index is 1.41. The Morgan fingerprint density at radius 3 is 2.84 bits per heavy atom. The Labute approximate surface area is 149 Å². The van der Waals surface area contributed by atoms with Crippen LogP contribution in [0.1, 0.15) is 23.6 Å². The number of aryl methyl sites for hydroxylation is 3. The molecule has 1 aromatic carbocycles. The molecule has 6 heteroatoms. The van der Waals surface area contributed by atoms with Crippen molar-refractivity contribution >= 4 is 0 Å². The molecule has 6 nitrogen and oxygen atoms in total. The molecular formula is C19H28N4O2. The first-order valence-corrected chi connectivity index (χ1v) is 9.02. The predicted molar refractivity (Wildman–Crippen MR) is 97.0 cm³/mol. The van der Waals surface area contributed by atoms with Crippen LogP contribution in [0.25, 0.3) is 0 Å². The summed E-state index contributed by atoms with van der Waals surface area (Å²) in [5.74, 6) is 2.75. The average Bonchev–Trinajstić information content (AvgIpc) is 2.91. The van der Waals surface area contributed by atoms with Crippen LogP contribution in [0.2, 0.25) is 0 Å². The van der Waals surface area contributed by atoms with Crippen LogP contribution in [-0.4, -0.2) is 58.6 Å². The van der Waals surface area contributed by atoms with Crippen molar-refractivity contribution in [3.63, 3.8) is 0 Å². The molecule has 0 spiro atoms. The van der Waals surface area contributed by atoms with Gasteiger partial charge >= 0.3 is 0 Å². The fraction of sp³-hybridized carbons (Fsp3) is 0.579. The molecule has 1 aliphatic rings. The van der Waals surface area contributed by atoms with Crippen molar-refractivity contribution in [2.24, 2.45) is 0 Å². The van der Waals surface area contributed by atoms with Gasteiger partial charge in [-0.1, -0.05) is 18.2 Å². The molecule has 3 rings (SSSR count). The van der Waals surface area contributed by atoms with Gasteiger partial charge in [-0.25, -0.2) is 9.67 Å². The summed E-state index contributed by atoms with van der Waals surface area (Å²) >= 11 is 0. The highest BCUT2D eigenvalue weighted by Crippen LogP contribution is 2.16. The van der Waals surface area contributed by atoms with Crippen molar-refractivity contribution < 1.29 is 9.47 Å². The van der Waals surface area contributed by atoms with Crippen LogP contribution >= 0.6 is 0 Å². The number of hydrogen-bond acceptors (Lipinski definition) is 5. The maximum absolute atomic E-state index is 5.91. The lowest BCUT2D eigenvalue weighted by molar-refractivity contribution is -0.0387. The molecule has 0 aliphatic carbocycles. The van der Waals surface area contributed by atoms with Crippen molar-refractivity contribution in [2.75, 3.05) is 32.8 Å². The van der Waals surface area contributed by atoms with E-state index in [1.165, 1.54) is 5.56 Å². The fourth-order valence-electron chi connectivity index (χ4n) is 3.21. The number of rotatable bonds is 7. The lowest BCUT2D eigenvalue weighted by atomic mass is 10.2. The van der Waals surface area contributed by atoms with E-state index in [0.29, 0.717) is 0 Å². The standard InChI is InChI=1S/C19H28N4O2/c1-15-7-4-5-8-19(15)25-11-6-9-22-10-12-24-18(13-22)14-23-17(3)20-16(2)21-23/h4-5,7-8,18H,6,9-14H2,1-3H3/t18-/m1/s1. The zero-order valence-electron chi connectivity index (χ0n) is 15.4. The third kappa shape index (κ3) is 5.03. The molecule has 136 valence electrons. The maximum Gasteiger partial charge on any atom is 0.147 e. The van der Waals surface area contributed by atoms with Gasteiger partial charge in [0.1, 0.15) is 17.4 Å². The van der Waals surface area contributed by atoms with Gasteiger partial charge in [0.25, 0.3) is 0 Å². The highest BCUT2D eigenvalue weighted by molar-refractivity contribution is 5.31. The van der Waals surface area contributed by atoms with Crippen LogP contribution in [0.15, 0.2) is 24.3 Å². The van der Waals surface area contributed by atoms with Gasteiger partial charge in [0, 0.05) is 19.6 Å². The summed E-state index contributed by atoms with van der Waals surface area (Å²) in [4.78, 5) is 6.81. The molecule has 25 heavy (non-hydrogen) atoms. The second kappa shape index (κ2) is 8.45. The number of hydrogen-bond donors (Lipinski definition) is 0. The first kappa shape index (κ1) is 17.9. The Morgan fingerprint density at radius 1 is 1.24 bits per heavy atom. The first-order valence-electron chi connectivity index (χ1n) is 9.02. The van der Waals surface area contributed by atoms with E-state index in [1.807, 2.05) is 36.7 Å². The van der Waals surface area contributed by atoms with Crippen LogP contribution in [-0.2, 0) is 11.3 Å². The minimum absolute atomic E-state index is 0.172. The van der Waals surface area contributed by atoms with E-state index >= 15 is 0 Å². The zero-order valence-corrected chi connectivity index (χ0v) is 15.4. The van der Waals surface area contributed by atoms with E-state index in [0.717, 1.165) is 63.2 Å². The summed E-state index contributed by atoms with van der Waals surface area (Å²) < 4.78 is 13.7. The van der Waals surface area contributed by atoms with Gasteiger partial charge in [0.15, 0.2) is 0 Å². The van der Waals surface area contributed by atoms with Crippen molar-refractivity contribution in [2.45, 2.75) is 39.8 Å². The molecular weight excluding hydrogens is 316 g/mol. The molecule has 0 unspecified atom stereocenters. The fourth-order valence-corrected chi connectivity index (χ4v) is 3.21. The Bertz CT molecular complexity index is 686. The average molecular weight is 344 g/mol. The molecule has 1 atom stereocenters. The summed E-state index contributed by atoms with van der Waals surface area (Å²) in [5.41, 5.74) is 1.19. The summed E-state index contributed by atoms with van der Waals surface area (Å²) in [6.45, 7) is 11.2. The van der Waals surface area contributed by atoms with Crippen molar-refractivity contribution in [3.05, 3.63) is 41.5 Å². The molecule has 1 fully saturated rings. The minimum Gasteiger partial charge on any atom is -0.493 e. The number of benzene rings is 1. The lowest BCUT2D eigenvalue weighted by Gasteiger charge is -2.32. The van der Waals surface area contributed by atoms with Gasteiger partial charge in [-0.05, 0) is 38.8 Å². The number of aromatic nitrogens is 3. The lowest BCUT2D eigenvalue weighted by Crippen LogP contribution is -2.45. The summed E-state index contributed by atoms with van der Waals surface area (Å²) in [6, 6.07) is 8.16. The van der Waals surface area contributed by atoms with Crippen molar-refractivity contribution in [1.29, 1.82) is 0 Å². The summed E-state index contributed by atoms with van der Waals surface area (Å²) in [5, 5.41) is 4.43. The minimum atomic E-state index is 0.172. The van der Waals surface area contributed by atoms with Gasteiger partial charge < -0.3 is 9.47 Å². The van der Waals surface area contributed by atoms with Gasteiger partial charge in [0.2, 0.25) is 0 Å². The SMILES string of the molecule is Cc1nc(C)n(C[C@H]2CN(CCCOc3ccccc3C)CCO2)n1. The molecule has 1 saturated heterocycles. The van der Waals surface area contributed by atoms with E-state index in [4.69, 9.17) is 9.47 Å². The predicted octanol–water partition coefficient (Wildman–Crippen LogP) is 2.37. The third-order valence-corrected chi connectivity index (χ3v) is 4.53. The van der Waals surface area contributed by atoms with Gasteiger partial charge in [-0.2, -0.15) is 5.10 Å². The summed E-state index contributed by atoms with van der Waals surface area (Å²) in [6.07, 6.45) is 1.19. The van der Waals surface area contributed by atoms with E-state index in [2.05, 4.69) is 28.0 Å². The molecule has 0 radical (unpaired) electrons. The number of para-hydroxylation sites is 1. The molecule has 0 N–H and O–H groups in total. The quantitative estimate of drug-likeness (QED) is 0.722. The zero-order chi connectivity index (χ0) is 17.6. The normalized spacial score (nSPS) is 18.4. The number of nitrogens with zero attached hydrogens (tertiary/aromatic N) is 4. The van der Waals surface area contributed by atoms with Gasteiger partial charge in [-0.3, -0.25) is 4.90 Å². The van der Waals surface area contributed by atoms with Crippen LogP contribution in [0, 0.1) is 20.8 Å². The van der Waals surface area contributed by atoms with Crippen molar-refractivity contribution in [3.8, 4) is 5.75 Å². The van der Waals surface area contributed by atoms with Crippen LogP contribution < -0.4 is 4.74 Å². The number of ether oxygens (including phenoxy) is 2. The topological polar surface area (TPSA) is 52.4 Å². The highest BCUT2D eigenvalue weighted by Gasteiger charge is 2.21. The largest absolute Gasteiger partial charge is 0.493 e. The Morgan fingerprint density at radius 2 is 2.08 bits per heavy atom. The van der Waals surface area contributed by atoms with E-state index in [1.54, 1.807) is 0 Å². The third-order valence-electron chi connectivity index (χ3n) is 4.53. The van der Waals surface area contributed by atoms with Gasteiger partial charge in [0.05, 0.1) is 25.9 Å². The molecule has 2 heterocycles.